The molecular formula is C19H17ClN4O2. The van der Waals surface area contributed by atoms with Crippen LogP contribution in [-0.2, 0) is 0 Å². The number of aromatic nitrogens is 1. The molecule has 0 saturated carbocycles. The van der Waals surface area contributed by atoms with Crippen molar-refractivity contribution in [2.75, 3.05) is 16.4 Å². The quantitative estimate of drug-likeness (QED) is 0.600. The Morgan fingerprint density at radius 3 is 2.31 bits per heavy atom. The molecule has 0 unspecified atom stereocenters. The Morgan fingerprint density at radius 1 is 1.00 bits per heavy atom. The Balaban J connectivity index is 1.58. The minimum absolute atomic E-state index is 0.360. The molecule has 26 heavy (non-hydrogen) atoms. The lowest BCUT2D eigenvalue weighted by Gasteiger charge is -2.10. The molecule has 3 aromatic rings. The maximum absolute atomic E-state index is 12.1. The van der Waals surface area contributed by atoms with Crippen molar-refractivity contribution in [2.45, 2.75) is 6.92 Å². The van der Waals surface area contributed by atoms with Crippen LogP contribution in [0.25, 0.3) is 0 Å². The number of urea groups is 1. The van der Waals surface area contributed by atoms with Crippen molar-refractivity contribution in [1.82, 2.24) is 4.98 Å². The molecule has 0 aliphatic rings. The van der Waals surface area contributed by atoms with Gasteiger partial charge in [0.15, 0.2) is 0 Å². The third-order valence-corrected chi connectivity index (χ3v) is 3.94. The van der Waals surface area contributed by atoms with Crippen LogP contribution >= 0.6 is 11.6 Å². The van der Waals surface area contributed by atoms with Crippen LogP contribution < -0.4 is 21.1 Å². The Morgan fingerprint density at radius 2 is 1.65 bits per heavy atom. The van der Waals surface area contributed by atoms with Gasteiger partial charge in [-0.1, -0.05) is 17.7 Å². The van der Waals surface area contributed by atoms with Crippen molar-refractivity contribution in [2.24, 2.45) is 0 Å². The summed E-state index contributed by atoms with van der Waals surface area (Å²) in [5, 5.41) is 6.08. The predicted molar refractivity (Wildman–Crippen MR) is 104 cm³/mol. The van der Waals surface area contributed by atoms with Crippen LogP contribution in [0.4, 0.5) is 22.0 Å². The van der Waals surface area contributed by atoms with Gasteiger partial charge in [-0.2, -0.15) is 0 Å². The summed E-state index contributed by atoms with van der Waals surface area (Å²) >= 11 is 6.05. The second-order valence-electron chi connectivity index (χ2n) is 5.59. The van der Waals surface area contributed by atoms with Gasteiger partial charge in [0.2, 0.25) is 0 Å². The van der Waals surface area contributed by atoms with Crippen LogP contribution in [0.15, 0.2) is 60.8 Å². The lowest BCUT2D eigenvalue weighted by Crippen LogP contribution is -2.19. The third kappa shape index (κ3) is 4.64. The zero-order valence-electron chi connectivity index (χ0n) is 14.0. The molecule has 0 atom stereocenters. The highest BCUT2D eigenvalue weighted by atomic mass is 35.5. The number of hydrogen-bond acceptors (Lipinski definition) is 4. The number of aryl methyl sites for hydroxylation is 1. The highest BCUT2D eigenvalue weighted by Crippen LogP contribution is 2.23. The zero-order valence-corrected chi connectivity index (χ0v) is 14.7. The fraction of sp³-hybridized carbons (Fsp3) is 0.0526. The van der Waals surface area contributed by atoms with Crippen LogP contribution in [0.3, 0.4) is 0 Å². The van der Waals surface area contributed by atoms with E-state index in [0.29, 0.717) is 33.7 Å². The fourth-order valence-electron chi connectivity index (χ4n) is 2.16. The van der Waals surface area contributed by atoms with E-state index in [2.05, 4.69) is 15.6 Å². The average molecular weight is 369 g/mol. The lowest BCUT2D eigenvalue weighted by molar-refractivity contribution is 0.262. The van der Waals surface area contributed by atoms with Gasteiger partial charge in [0.25, 0.3) is 0 Å². The standard InChI is InChI=1S/C19H17ClN4O2/c1-12-2-3-14(10-17(12)20)24-19(25)23-13-4-6-15(7-5-13)26-16-8-9-18(21)22-11-16/h2-11H,1H3,(H2,21,22)(H2,23,24,25). The van der Waals surface area contributed by atoms with Crippen molar-refractivity contribution in [3.05, 3.63) is 71.4 Å². The second-order valence-corrected chi connectivity index (χ2v) is 6.00. The normalized spacial score (nSPS) is 10.2. The molecule has 2 amide bonds. The number of nitrogens with zero attached hydrogens (tertiary/aromatic N) is 1. The first-order valence-corrected chi connectivity index (χ1v) is 8.21. The van der Waals surface area contributed by atoms with E-state index in [0.717, 1.165) is 5.56 Å². The number of rotatable bonds is 4. The van der Waals surface area contributed by atoms with Crippen molar-refractivity contribution >= 4 is 34.8 Å². The van der Waals surface area contributed by atoms with Gasteiger partial charge in [-0.25, -0.2) is 9.78 Å². The van der Waals surface area contributed by atoms with Gasteiger partial charge in [0.05, 0.1) is 6.20 Å². The molecule has 0 radical (unpaired) electrons. The molecule has 1 heterocycles. The Kier molecular flexibility index (Phi) is 5.24. The van der Waals surface area contributed by atoms with Crippen LogP contribution in [0, 0.1) is 6.92 Å². The average Bonchev–Trinajstić information content (AvgIpc) is 2.62. The summed E-state index contributed by atoms with van der Waals surface area (Å²) in [6.07, 6.45) is 1.54. The number of amides is 2. The number of benzene rings is 2. The minimum Gasteiger partial charge on any atom is -0.456 e. The number of hydrogen-bond donors (Lipinski definition) is 3. The summed E-state index contributed by atoms with van der Waals surface area (Å²) in [5.74, 6) is 1.62. The lowest BCUT2D eigenvalue weighted by atomic mass is 10.2. The van der Waals surface area contributed by atoms with Gasteiger partial charge < -0.3 is 21.1 Å². The van der Waals surface area contributed by atoms with Gasteiger partial charge >= 0.3 is 6.03 Å². The van der Waals surface area contributed by atoms with E-state index in [1.54, 1.807) is 54.7 Å². The van der Waals surface area contributed by atoms with Gasteiger partial charge in [-0.05, 0) is 61.0 Å². The SMILES string of the molecule is Cc1ccc(NC(=O)Nc2ccc(Oc3ccc(N)nc3)cc2)cc1Cl. The van der Waals surface area contributed by atoms with E-state index in [1.807, 2.05) is 13.0 Å². The maximum Gasteiger partial charge on any atom is 0.323 e. The van der Waals surface area contributed by atoms with E-state index in [1.165, 1.54) is 0 Å². The summed E-state index contributed by atoms with van der Waals surface area (Å²) in [6.45, 7) is 1.90. The number of nitrogens with two attached hydrogens (primary N) is 1. The van der Waals surface area contributed by atoms with Crippen LogP contribution in [0.5, 0.6) is 11.5 Å². The summed E-state index contributed by atoms with van der Waals surface area (Å²) in [5.41, 5.74) is 7.73. The Hall–Kier alpha value is -3.25. The molecular weight excluding hydrogens is 352 g/mol. The number of nitrogen functional groups attached to an aromatic ring is 1. The summed E-state index contributed by atoms with van der Waals surface area (Å²) in [7, 11) is 0. The summed E-state index contributed by atoms with van der Waals surface area (Å²) in [6, 6.07) is 15.3. The van der Waals surface area contributed by atoms with Gasteiger partial charge in [0.1, 0.15) is 17.3 Å². The number of carbonyl (C=O) groups excluding carboxylic acids is 1. The topological polar surface area (TPSA) is 89.3 Å². The molecule has 0 bridgehead atoms. The highest BCUT2D eigenvalue weighted by molar-refractivity contribution is 6.31. The van der Waals surface area contributed by atoms with E-state index in [4.69, 9.17) is 22.1 Å². The smallest absolute Gasteiger partial charge is 0.323 e. The molecule has 1 aromatic heterocycles. The molecule has 132 valence electrons. The third-order valence-electron chi connectivity index (χ3n) is 3.54. The van der Waals surface area contributed by atoms with Crippen molar-refractivity contribution in [1.29, 1.82) is 0 Å². The molecule has 0 saturated heterocycles. The van der Waals surface area contributed by atoms with E-state index < -0.39 is 0 Å². The van der Waals surface area contributed by atoms with Crippen molar-refractivity contribution in [3.8, 4) is 11.5 Å². The molecule has 0 aliphatic carbocycles. The van der Waals surface area contributed by atoms with Crippen molar-refractivity contribution < 1.29 is 9.53 Å². The highest BCUT2D eigenvalue weighted by Gasteiger charge is 2.05. The second kappa shape index (κ2) is 7.76. The number of anilines is 3. The largest absolute Gasteiger partial charge is 0.456 e. The van der Waals surface area contributed by atoms with Crippen LogP contribution in [0.1, 0.15) is 5.56 Å². The van der Waals surface area contributed by atoms with Gasteiger partial charge in [-0.15, -0.1) is 0 Å². The van der Waals surface area contributed by atoms with E-state index in [9.17, 15) is 4.79 Å². The summed E-state index contributed by atoms with van der Waals surface area (Å²) < 4.78 is 5.65. The predicted octanol–water partition coefficient (Wildman–Crippen LogP) is 5.06. The molecule has 0 aliphatic heterocycles. The molecule has 6 nitrogen and oxygen atoms in total. The molecule has 3 rings (SSSR count). The molecule has 4 N–H and O–H groups in total. The first kappa shape index (κ1) is 17.6. The molecule has 0 spiro atoms. The monoisotopic (exact) mass is 368 g/mol. The number of carbonyl (C=O) groups is 1. The number of ether oxygens (including phenoxy) is 1. The van der Waals surface area contributed by atoms with Gasteiger partial charge in [0, 0.05) is 16.4 Å². The Bertz CT molecular complexity index is 912. The fourth-order valence-corrected chi connectivity index (χ4v) is 2.34. The first-order valence-electron chi connectivity index (χ1n) is 7.83. The number of pyridine rings is 1. The molecule has 0 fully saturated rings. The first-order chi connectivity index (χ1) is 12.5. The van der Waals surface area contributed by atoms with Crippen molar-refractivity contribution in [3.63, 3.8) is 0 Å². The van der Waals surface area contributed by atoms with E-state index in [-0.39, 0.29) is 6.03 Å². The zero-order chi connectivity index (χ0) is 18.5. The summed E-state index contributed by atoms with van der Waals surface area (Å²) in [4.78, 5) is 16.0. The number of halogens is 1. The number of nitrogens with one attached hydrogen (secondary N) is 2. The van der Waals surface area contributed by atoms with Crippen LogP contribution in [-0.4, -0.2) is 11.0 Å². The maximum atomic E-state index is 12.1. The minimum atomic E-state index is -0.360. The van der Waals surface area contributed by atoms with Gasteiger partial charge in [-0.3, -0.25) is 0 Å². The molecule has 7 heteroatoms. The molecule has 2 aromatic carbocycles. The van der Waals surface area contributed by atoms with Crippen LogP contribution in [0.2, 0.25) is 5.02 Å². The van der Waals surface area contributed by atoms with E-state index >= 15 is 0 Å². The Labute approximate surface area is 156 Å².